The van der Waals surface area contributed by atoms with Crippen molar-refractivity contribution in [1.82, 2.24) is 30.2 Å². The van der Waals surface area contributed by atoms with Gasteiger partial charge in [0, 0.05) is 77.6 Å². The Morgan fingerprint density at radius 2 is 1.27 bits per heavy atom. The van der Waals surface area contributed by atoms with E-state index in [2.05, 4.69) is 25.3 Å². The number of nitrogens with zero attached hydrogens (tertiary/aromatic N) is 3. The third-order valence-electron chi connectivity index (χ3n) is 6.98. The van der Waals surface area contributed by atoms with Crippen molar-refractivity contribution in [2.24, 2.45) is 0 Å². The second kappa shape index (κ2) is 24.9. The first-order chi connectivity index (χ1) is 22.6. The maximum atomic E-state index is 12.1. The molecule has 4 rings (SSSR count). The highest BCUT2D eigenvalue weighted by Crippen LogP contribution is 2.18. The molecule has 0 aliphatic carbocycles. The van der Waals surface area contributed by atoms with Crippen molar-refractivity contribution in [3.63, 3.8) is 0 Å². The molecule has 0 fully saturated rings. The summed E-state index contributed by atoms with van der Waals surface area (Å²) >= 11 is 0. The van der Waals surface area contributed by atoms with Crippen molar-refractivity contribution in [2.45, 2.75) is 92.5 Å². The number of amides is 1. The van der Waals surface area contributed by atoms with Crippen LogP contribution in [0.4, 0.5) is 4.79 Å². The minimum absolute atomic E-state index is 0. The smallest absolute Gasteiger partial charge is 0.410 e. The lowest BCUT2D eigenvalue weighted by atomic mass is 10.0. The number of H-pyrrole nitrogens is 2. The van der Waals surface area contributed by atoms with Crippen LogP contribution in [0, 0.1) is 0 Å². The van der Waals surface area contributed by atoms with Gasteiger partial charge in [-0.05, 0) is 95.4 Å². The van der Waals surface area contributed by atoms with Gasteiger partial charge in [-0.2, -0.15) is 0 Å². The summed E-state index contributed by atoms with van der Waals surface area (Å²) in [6, 6.07) is 7.96. The molecule has 0 bridgehead atoms. The fourth-order valence-electron chi connectivity index (χ4n) is 4.68. The van der Waals surface area contributed by atoms with Gasteiger partial charge < -0.3 is 24.9 Å². The van der Waals surface area contributed by atoms with Crippen LogP contribution in [0.1, 0.15) is 88.0 Å². The maximum Gasteiger partial charge on any atom is 0.410 e. The van der Waals surface area contributed by atoms with E-state index < -0.39 is 5.60 Å². The molecular weight excluding hydrogens is 675 g/mol. The van der Waals surface area contributed by atoms with E-state index in [1.54, 1.807) is 19.4 Å². The molecule has 48 heavy (non-hydrogen) atoms. The van der Waals surface area contributed by atoms with E-state index in [0.717, 1.165) is 47.0 Å². The van der Waals surface area contributed by atoms with E-state index >= 15 is 0 Å². The Bertz CT molecular complexity index is 1500. The molecular formula is C35H57Cl3N6O4. The normalized spacial score (nSPS) is 10.4. The Balaban J connectivity index is -0.000000787. The predicted molar refractivity (Wildman–Crippen MR) is 205 cm³/mol. The zero-order valence-electron chi connectivity index (χ0n) is 31.4. The number of carbonyl (C=O) groups is 3. The van der Waals surface area contributed by atoms with Gasteiger partial charge in [0.15, 0.2) is 0 Å². The van der Waals surface area contributed by atoms with Gasteiger partial charge >= 0.3 is 6.09 Å². The SMILES string of the molecule is CN(CCCC(=O)CCc1ccnc2[nH]ccc12)C(=O)OC(C)(C)C.CNCCCC(=O)CCc1ccnc2[nH]ccc12.Cl.Cl.Cl.[2H]C.[2H]C. The first-order valence-corrected chi connectivity index (χ1v) is 15.0. The molecule has 13 heteroatoms. The summed E-state index contributed by atoms with van der Waals surface area (Å²) in [4.78, 5) is 51.9. The molecule has 0 spiro atoms. The van der Waals surface area contributed by atoms with Crippen LogP contribution in [-0.4, -0.2) is 75.3 Å². The summed E-state index contributed by atoms with van der Waals surface area (Å²) in [6.45, 7) is 6.93. The van der Waals surface area contributed by atoms with Crippen LogP contribution in [0.25, 0.3) is 22.1 Å². The lowest BCUT2D eigenvalue weighted by Crippen LogP contribution is -2.34. The molecule has 0 aliphatic rings. The Labute approximate surface area is 308 Å². The fourth-order valence-corrected chi connectivity index (χ4v) is 4.68. The predicted octanol–water partition coefficient (Wildman–Crippen LogP) is 8.31. The van der Waals surface area contributed by atoms with Gasteiger partial charge in [0.05, 0.1) is 0 Å². The molecule has 0 unspecified atom stereocenters. The molecule has 4 aromatic heterocycles. The Kier molecular flexibility index (Phi) is 23.2. The van der Waals surface area contributed by atoms with Gasteiger partial charge in [0.25, 0.3) is 0 Å². The number of carbonyl (C=O) groups excluding carboxylic acids is 3. The lowest BCUT2D eigenvalue weighted by Gasteiger charge is -2.24. The van der Waals surface area contributed by atoms with Crippen LogP contribution < -0.4 is 5.32 Å². The molecule has 0 aromatic carbocycles. The molecule has 0 saturated heterocycles. The number of aromatic nitrogens is 4. The van der Waals surface area contributed by atoms with Crippen LogP contribution in [0.15, 0.2) is 49.1 Å². The first kappa shape index (κ1) is 44.8. The van der Waals surface area contributed by atoms with Crippen molar-refractivity contribution in [1.29, 1.82) is 0 Å². The highest BCUT2D eigenvalue weighted by atomic mass is 35.5. The Morgan fingerprint density at radius 1 is 0.812 bits per heavy atom. The summed E-state index contributed by atoms with van der Waals surface area (Å²) < 4.78 is 16.8. The number of aryl methyl sites for hydroxylation is 2. The largest absolute Gasteiger partial charge is 0.444 e. The van der Waals surface area contributed by atoms with Gasteiger partial charge in [-0.1, -0.05) is 14.8 Å². The molecule has 3 N–H and O–H groups in total. The number of pyridine rings is 2. The van der Waals surface area contributed by atoms with E-state index in [4.69, 9.17) is 7.48 Å². The van der Waals surface area contributed by atoms with E-state index in [0.29, 0.717) is 50.9 Å². The number of aromatic amines is 2. The summed E-state index contributed by atoms with van der Waals surface area (Å²) in [5.41, 5.74) is 3.57. The highest BCUT2D eigenvalue weighted by molar-refractivity contribution is 5.86. The molecule has 0 atom stereocenters. The third-order valence-corrected chi connectivity index (χ3v) is 6.98. The fraction of sp³-hybridized carbons (Fsp3) is 0.514. The minimum atomic E-state index is -0.505. The molecule has 0 aliphatic heterocycles. The second-order valence-electron chi connectivity index (χ2n) is 11.7. The number of ether oxygens (including phenoxy) is 1. The highest BCUT2D eigenvalue weighted by Gasteiger charge is 2.19. The topological polar surface area (TPSA) is 133 Å². The number of Topliss-reactive ketones (excluding diaryl/α,β-unsaturated/α-hetero) is 2. The molecule has 1 amide bonds. The van der Waals surface area contributed by atoms with Crippen molar-refractivity contribution >= 4 is 76.9 Å². The minimum Gasteiger partial charge on any atom is -0.444 e. The molecule has 4 aromatic rings. The van der Waals surface area contributed by atoms with Crippen LogP contribution in [0.5, 0.6) is 0 Å². The first-order valence-electron chi connectivity index (χ1n) is 17.0. The number of rotatable bonds is 14. The quantitative estimate of drug-likeness (QED) is 0.111. The van der Waals surface area contributed by atoms with Crippen molar-refractivity contribution in [2.75, 3.05) is 27.2 Å². The third kappa shape index (κ3) is 16.8. The van der Waals surface area contributed by atoms with Gasteiger partial charge in [0.2, 0.25) is 0 Å². The average molecular weight is 734 g/mol. The number of hydrogen-bond donors (Lipinski definition) is 3. The van der Waals surface area contributed by atoms with Crippen molar-refractivity contribution < 1.29 is 21.9 Å². The van der Waals surface area contributed by atoms with Gasteiger partial charge in [0.1, 0.15) is 28.5 Å². The van der Waals surface area contributed by atoms with Gasteiger partial charge in [-0.15, -0.1) is 37.2 Å². The average Bonchev–Trinajstić information content (AvgIpc) is 3.75. The molecule has 0 radical (unpaired) electrons. The van der Waals surface area contributed by atoms with Crippen LogP contribution >= 0.6 is 37.2 Å². The summed E-state index contributed by atoms with van der Waals surface area (Å²) in [6.07, 6.45) is 12.3. The van der Waals surface area contributed by atoms with Crippen LogP contribution in [-0.2, 0) is 27.2 Å². The molecule has 10 nitrogen and oxygen atoms in total. The van der Waals surface area contributed by atoms with Crippen LogP contribution in [0.3, 0.4) is 0 Å². The molecule has 272 valence electrons. The Morgan fingerprint density at radius 3 is 1.71 bits per heavy atom. The van der Waals surface area contributed by atoms with E-state index in [1.807, 2.05) is 64.5 Å². The van der Waals surface area contributed by atoms with E-state index in [9.17, 15) is 14.4 Å². The zero-order valence-corrected chi connectivity index (χ0v) is 31.8. The van der Waals surface area contributed by atoms with E-state index in [1.165, 1.54) is 25.3 Å². The summed E-state index contributed by atoms with van der Waals surface area (Å²) in [7, 11) is 6.10. The Hall–Kier alpha value is -3.18. The van der Waals surface area contributed by atoms with Crippen molar-refractivity contribution in [3.05, 3.63) is 60.2 Å². The second-order valence-corrected chi connectivity index (χ2v) is 11.7. The number of halogens is 3. The van der Waals surface area contributed by atoms with Crippen LogP contribution in [0.2, 0.25) is 0 Å². The zero-order chi connectivity index (χ0) is 35.2. The van der Waals surface area contributed by atoms with Gasteiger partial charge in [-0.3, -0.25) is 9.59 Å². The van der Waals surface area contributed by atoms with E-state index in [-0.39, 0.29) is 49.1 Å². The maximum absolute atomic E-state index is 12.1. The molecule has 4 heterocycles. The standard InChI is InChI=1S/C19H27N3O3.C14H19N3O.2CH4.3ClH/c1-19(2,3)25-18(24)22(4)13-5-6-15(23)8-7-14-9-11-20-17-16(14)10-12-21-17;1-15-8-2-3-12(18)5-4-11-6-9-16-14-13(11)7-10-17-14;;;;;/h9-12H,5-8,13H2,1-4H3,(H,20,21);6-7,9-10,15H,2-5,8H2,1H3,(H,16,17);2*1H4;3*1H/i;;2*1D;;;. The number of nitrogens with one attached hydrogen (secondary N) is 3. The van der Waals surface area contributed by atoms with Gasteiger partial charge in [-0.25, -0.2) is 14.8 Å². The summed E-state index contributed by atoms with van der Waals surface area (Å²) in [5.74, 6) is 0.545. The number of ketones is 2. The number of hydrogen-bond acceptors (Lipinski definition) is 7. The molecule has 0 saturated carbocycles. The lowest BCUT2D eigenvalue weighted by molar-refractivity contribution is -0.120. The summed E-state index contributed by atoms with van der Waals surface area (Å²) in [5, 5.41) is 5.25. The van der Waals surface area contributed by atoms with Crippen molar-refractivity contribution in [3.8, 4) is 0 Å². The monoisotopic (exact) mass is 732 g/mol. The number of fused-ring (bicyclic) bond motifs is 2.